The molecule has 2 N–H and O–H groups in total. The Morgan fingerprint density at radius 2 is 1.94 bits per heavy atom. The maximum atomic E-state index is 11.4. The number of rotatable bonds is 3. The fraction of sp³-hybridized carbons (Fsp3) is 0.700. The second-order valence-corrected chi connectivity index (χ2v) is 5.83. The zero-order valence-corrected chi connectivity index (χ0v) is 10.1. The Kier molecular flexibility index (Phi) is 4.09. The van der Waals surface area contributed by atoms with Crippen LogP contribution in [-0.4, -0.2) is 30.2 Å². The maximum absolute atomic E-state index is 11.4. The molecule has 92 valence electrons. The minimum atomic E-state index is -4.09. The van der Waals surface area contributed by atoms with Crippen molar-refractivity contribution < 1.29 is 17.8 Å². The quantitative estimate of drug-likeness (QED) is 0.573. The second-order valence-electron chi connectivity index (χ2n) is 4.20. The van der Waals surface area contributed by atoms with E-state index >= 15 is 0 Å². The van der Waals surface area contributed by atoms with E-state index in [1.807, 2.05) is 0 Å². The molecule has 1 fully saturated rings. The van der Waals surface area contributed by atoms with Crippen LogP contribution in [0.25, 0.3) is 0 Å². The molecule has 0 aromatic rings. The van der Waals surface area contributed by atoms with Gasteiger partial charge in [0.05, 0.1) is 0 Å². The molecule has 2 atom stereocenters. The zero-order valence-electron chi connectivity index (χ0n) is 9.27. The molecule has 2 unspecified atom stereocenters. The predicted octanol–water partition coefficient (Wildman–Crippen LogP) is 0.878. The van der Waals surface area contributed by atoms with E-state index in [4.69, 9.17) is 4.55 Å². The normalized spacial score (nSPS) is 26.1. The lowest BCUT2D eigenvalue weighted by Crippen LogP contribution is -2.48. The molecule has 0 saturated heterocycles. The van der Waals surface area contributed by atoms with E-state index in [1.54, 1.807) is 6.92 Å². The number of nitrogens with one attached hydrogen (secondary N) is 1. The summed E-state index contributed by atoms with van der Waals surface area (Å²) in [6.45, 7) is 5.04. The summed E-state index contributed by atoms with van der Waals surface area (Å²) >= 11 is 0. The van der Waals surface area contributed by atoms with E-state index in [1.165, 1.54) is 0 Å². The van der Waals surface area contributed by atoms with Gasteiger partial charge < -0.3 is 5.32 Å². The first-order chi connectivity index (χ1) is 7.32. The van der Waals surface area contributed by atoms with Gasteiger partial charge in [-0.25, -0.2) is 0 Å². The highest BCUT2D eigenvalue weighted by atomic mass is 32.2. The Morgan fingerprint density at radius 1 is 1.38 bits per heavy atom. The molecule has 1 amide bonds. The standard InChI is InChI=1S/C10H17NO4S/c1-7(2)10(12)11-8-5-3-4-6-9(8)16(13,14)15/h8-9H,1,3-6H2,2H3,(H,11,12)(H,13,14,15). The molecule has 5 nitrogen and oxygen atoms in total. The molecule has 0 aromatic carbocycles. The summed E-state index contributed by atoms with van der Waals surface area (Å²) < 4.78 is 31.3. The second kappa shape index (κ2) is 4.97. The van der Waals surface area contributed by atoms with Crippen LogP contribution >= 0.6 is 0 Å². The van der Waals surface area contributed by atoms with E-state index in [0.29, 0.717) is 18.4 Å². The van der Waals surface area contributed by atoms with Gasteiger partial charge >= 0.3 is 0 Å². The minimum Gasteiger partial charge on any atom is -0.348 e. The van der Waals surface area contributed by atoms with Gasteiger partial charge in [-0.05, 0) is 19.8 Å². The fourth-order valence-corrected chi connectivity index (χ4v) is 2.99. The summed E-state index contributed by atoms with van der Waals surface area (Å²) in [6, 6.07) is -0.507. The highest BCUT2D eigenvalue weighted by Crippen LogP contribution is 2.24. The van der Waals surface area contributed by atoms with E-state index in [9.17, 15) is 13.2 Å². The number of hydrogen-bond acceptors (Lipinski definition) is 3. The molecule has 0 spiro atoms. The summed E-state index contributed by atoms with van der Waals surface area (Å²) in [5, 5.41) is 1.71. The van der Waals surface area contributed by atoms with Gasteiger partial charge in [-0.1, -0.05) is 19.4 Å². The van der Waals surface area contributed by atoms with Crippen LogP contribution in [0.1, 0.15) is 32.6 Å². The average Bonchev–Trinajstić information content (AvgIpc) is 2.16. The van der Waals surface area contributed by atoms with Crippen LogP contribution in [-0.2, 0) is 14.9 Å². The minimum absolute atomic E-state index is 0.333. The predicted molar refractivity (Wildman–Crippen MR) is 60.5 cm³/mol. The average molecular weight is 247 g/mol. The number of hydrogen-bond donors (Lipinski definition) is 2. The highest BCUT2D eigenvalue weighted by molar-refractivity contribution is 7.86. The Balaban J connectivity index is 2.76. The molecule has 1 aliphatic rings. The van der Waals surface area contributed by atoms with E-state index < -0.39 is 21.4 Å². The third kappa shape index (κ3) is 3.31. The van der Waals surface area contributed by atoms with Gasteiger partial charge in [0.2, 0.25) is 5.91 Å². The van der Waals surface area contributed by atoms with Crippen molar-refractivity contribution in [2.75, 3.05) is 0 Å². The topological polar surface area (TPSA) is 83.5 Å². The van der Waals surface area contributed by atoms with Crippen molar-refractivity contribution in [3.63, 3.8) is 0 Å². The first-order valence-electron chi connectivity index (χ1n) is 5.25. The largest absolute Gasteiger partial charge is 0.348 e. The monoisotopic (exact) mass is 247 g/mol. The summed E-state index contributed by atoms with van der Waals surface area (Å²) in [7, 11) is -4.09. The van der Waals surface area contributed by atoms with Crippen LogP contribution in [0.3, 0.4) is 0 Å². The lowest BCUT2D eigenvalue weighted by molar-refractivity contribution is -0.118. The van der Waals surface area contributed by atoms with Crippen LogP contribution in [0, 0.1) is 0 Å². The Hall–Kier alpha value is -0.880. The smallest absolute Gasteiger partial charge is 0.269 e. The van der Waals surface area contributed by atoms with Crippen molar-refractivity contribution in [1.82, 2.24) is 5.32 Å². The van der Waals surface area contributed by atoms with Crippen molar-refractivity contribution in [2.45, 2.75) is 43.9 Å². The van der Waals surface area contributed by atoms with Gasteiger partial charge in [0.15, 0.2) is 0 Å². The molecule has 1 aliphatic carbocycles. The Bertz CT molecular complexity index is 388. The lowest BCUT2D eigenvalue weighted by atomic mass is 9.94. The third-order valence-corrected chi connectivity index (χ3v) is 4.12. The SMILES string of the molecule is C=C(C)C(=O)NC1CCCCC1S(=O)(=O)O. The van der Waals surface area contributed by atoms with Crippen LogP contribution in [0.4, 0.5) is 0 Å². The molecule has 1 rings (SSSR count). The lowest BCUT2D eigenvalue weighted by Gasteiger charge is -2.29. The van der Waals surface area contributed by atoms with Crippen molar-refractivity contribution in [1.29, 1.82) is 0 Å². The summed E-state index contributed by atoms with van der Waals surface area (Å²) in [5.74, 6) is -0.361. The van der Waals surface area contributed by atoms with E-state index in [-0.39, 0.29) is 5.91 Å². The van der Waals surface area contributed by atoms with Crippen molar-refractivity contribution >= 4 is 16.0 Å². The molecule has 0 aliphatic heterocycles. The third-order valence-electron chi connectivity index (χ3n) is 2.79. The molecule has 0 heterocycles. The molecule has 0 bridgehead atoms. The van der Waals surface area contributed by atoms with Gasteiger partial charge in [0.25, 0.3) is 10.1 Å². The molecule has 1 saturated carbocycles. The van der Waals surface area contributed by atoms with Gasteiger partial charge in [-0.3, -0.25) is 9.35 Å². The van der Waals surface area contributed by atoms with Gasteiger partial charge in [-0.15, -0.1) is 0 Å². The molecule has 6 heteroatoms. The van der Waals surface area contributed by atoms with Crippen LogP contribution in [0.2, 0.25) is 0 Å². The molecular weight excluding hydrogens is 230 g/mol. The first-order valence-corrected chi connectivity index (χ1v) is 6.75. The van der Waals surface area contributed by atoms with E-state index in [2.05, 4.69) is 11.9 Å². The summed E-state index contributed by atoms with van der Waals surface area (Å²) in [5.41, 5.74) is 0.333. The zero-order chi connectivity index (χ0) is 12.3. The van der Waals surface area contributed by atoms with Crippen LogP contribution < -0.4 is 5.32 Å². The molecular formula is C10H17NO4S. The van der Waals surface area contributed by atoms with Crippen molar-refractivity contribution in [3.05, 3.63) is 12.2 Å². The number of amides is 1. The molecule has 0 radical (unpaired) electrons. The van der Waals surface area contributed by atoms with E-state index in [0.717, 1.165) is 12.8 Å². The first kappa shape index (κ1) is 13.2. The maximum Gasteiger partial charge on any atom is 0.269 e. The Labute approximate surface area is 95.7 Å². The number of carbonyl (C=O) groups is 1. The Morgan fingerprint density at radius 3 is 2.44 bits per heavy atom. The van der Waals surface area contributed by atoms with Gasteiger partial charge in [-0.2, -0.15) is 8.42 Å². The molecule has 16 heavy (non-hydrogen) atoms. The van der Waals surface area contributed by atoms with Gasteiger partial charge in [0.1, 0.15) is 5.25 Å². The van der Waals surface area contributed by atoms with Crippen LogP contribution in [0.15, 0.2) is 12.2 Å². The summed E-state index contributed by atoms with van der Waals surface area (Å²) in [6.07, 6.45) is 2.57. The number of carbonyl (C=O) groups excluding carboxylic acids is 1. The molecule has 0 aromatic heterocycles. The van der Waals surface area contributed by atoms with Gasteiger partial charge in [0, 0.05) is 11.6 Å². The summed E-state index contributed by atoms with van der Waals surface area (Å²) in [4.78, 5) is 11.4. The fourth-order valence-electron chi connectivity index (χ4n) is 1.91. The highest BCUT2D eigenvalue weighted by Gasteiger charge is 2.35. The van der Waals surface area contributed by atoms with Crippen molar-refractivity contribution in [2.24, 2.45) is 0 Å². The van der Waals surface area contributed by atoms with Crippen LogP contribution in [0.5, 0.6) is 0 Å². The van der Waals surface area contributed by atoms with Crippen molar-refractivity contribution in [3.8, 4) is 0 Å².